The predicted molar refractivity (Wildman–Crippen MR) is 79.2 cm³/mol. The van der Waals surface area contributed by atoms with E-state index in [2.05, 4.69) is 45.3 Å². The van der Waals surface area contributed by atoms with Crippen molar-refractivity contribution >= 4 is 22.9 Å². The summed E-state index contributed by atoms with van der Waals surface area (Å²) < 4.78 is 0. The van der Waals surface area contributed by atoms with Crippen LogP contribution in [0.4, 0.5) is 0 Å². The van der Waals surface area contributed by atoms with Gasteiger partial charge < -0.3 is 5.32 Å². The van der Waals surface area contributed by atoms with Crippen molar-refractivity contribution in [3.05, 3.63) is 21.3 Å². The molecule has 0 unspecified atom stereocenters. The normalized spacial score (nSPS) is 13.1. The monoisotopic (exact) mass is 273 g/mol. The maximum atomic E-state index is 6.11. The number of aryl methyl sites for hydroxylation is 1. The molecule has 0 atom stereocenters. The summed E-state index contributed by atoms with van der Waals surface area (Å²) in [6.07, 6.45) is 2.24. The van der Waals surface area contributed by atoms with Gasteiger partial charge in [-0.1, -0.05) is 25.4 Å². The van der Waals surface area contributed by atoms with Crippen molar-refractivity contribution in [1.82, 2.24) is 5.32 Å². The van der Waals surface area contributed by atoms with Crippen LogP contribution in [0.2, 0.25) is 5.02 Å². The fourth-order valence-corrected chi connectivity index (χ4v) is 2.68. The third-order valence-electron chi connectivity index (χ3n) is 2.82. The Kier molecular flexibility index (Phi) is 5.06. The highest BCUT2D eigenvalue weighted by molar-refractivity contribution is 7.10. The SMILES string of the molecule is CC(C)(CCc1sccc1Cl)CNC(C)(C)C. The van der Waals surface area contributed by atoms with Crippen molar-refractivity contribution in [1.29, 1.82) is 0 Å². The molecule has 0 radical (unpaired) electrons. The van der Waals surface area contributed by atoms with Gasteiger partial charge in [-0.2, -0.15) is 0 Å². The molecular weight excluding hydrogens is 250 g/mol. The number of rotatable bonds is 5. The van der Waals surface area contributed by atoms with Crippen LogP contribution in [0.5, 0.6) is 0 Å². The van der Waals surface area contributed by atoms with Crippen LogP contribution in [0.15, 0.2) is 11.4 Å². The third-order valence-corrected chi connectivity index (χ3v) is 4.26. The molecule has 1 N–H and O–H groups in total. The van der Waals surface area contributed by atoms with Crippen molar-refractivity contribution in [3.63, 3.8) is 0 Å². The predicted octanol–water partition coefficient (Wildman–Crippen LogP) is 4.75. The molecule has 0 saturated carbocycles. The first-order valence-corrected chi connectivity index (χ1v) is 7.42. The Morgan fingerprint density at radius 3 is 2.35 bits per heavy atom. The van der Waals surface area contributed by atoms with Crippen LogP contribution in [0.25, 0.3) is 0 Å². The smallest absolute Gasteiger partial charge is 0.0544 e. The summed E-state index contributed by atoms with van der Waals surface area (Å²) in [5.41, 5.74) is 0.498. The molecule has 0 aromatic carbocycles. The maximum Gasteiger partial charge on any atom is 0.0544 e. The molecule has 1 heterocycles. The van der Waals surface area contributed by atoms with E-state index in [-0.39, 0.29) is 5.54 Å². The van der Waals surface area contributed by atoms with Gasteiger partial charge in [-0.25, -0.2) is 0 Å². The molecule has 0 aliphatic carbocycles. The third kappa shape index (κ3) is 5.89. The largest absolute Gasteiger partial charge is 0.312 e. The molecule has 1 aromatic rings. The van der Waals surface area contributed by atoms with E-state index in [1.165, 1.54) is 4.88 Å². The number of hydrogen-bond acceptors (Lipinski definition) is 2. The van der Waals surface area contributed by atoms with Crippen LogP contribution in [-0.2, 0) is 6.42 Å². The Hall–Kier alpha value is -0.0500. The number of nitrogens with one attached hydrogen (secondary N) is 1. The molecule has 17 heavy (non-hydrogen) atoms. The fourth-order valence-electron chi connectivity index (χ4n) is 1.55. The molecule has 0 aliphatic rings. The lowest BCUT2D eigenvalue weighted by Crippen LogP contribution is -2.42. The number of thiophene rings is 1. The molecule has 0 saturated heterocycles. The van der Waals surface area contributed by atoms with Gasteiger partial charge in [0.15, 0.2) is 0 Å². The summed E-state index contributed by atoms with van der Waals surface area (Å²) in [6, 6.07) is 1.99. The molecule has 0 amide bonds. The summed E-state index contributed by atoms with van der Waals surface area (Å²) in [7, 11) is 0. The zero-order valence-electron chi connectivity index (χ0n) is 11.6. The van der Waals surface area contributed by atoms with Gasteiger partial charge in [0.1, 0.15) is 0 Å². The summed E-state index contributed by atoms with van der Waals surface area (Å²) in [5.74, 6) is 0. The minimum Gasteiger partial charge on any atom is -0.312 e. The zero-order valence-corrected chi connectivity index (χ0v) is 13.1. The van der Waals surface area contributed by atoms with Gasteiger partial charge in [0.2, 0.25) is 0 Å². The van der Waals surface area contributed by atoms with Crippen molar-refractivity contribution < 1.29 is 0 Å². The minimum absolute atomic E-state index is 0.192. The lowest BCUT2D eigenvalue weighted by Gasteiger charge is -2.30. The van der Waals surface area contributed by atoms with Crippen LogP contribution in [0.3, 0.4) is 0 Å². The van der Waals surface area contributed by atoms with E-state index in [0.717, 1.165) is 24.4 Å². The topological polar surface area (TPSA) is 12.0 Å². The Bertz CT molecular complexity index is 349. The van der Waals surface area contributed by atoms with Gasteiger partial charge >= 0.3 is 0 Å². The number of halogens is 1. The van der Waals surface area contributed by atoms with Crippen LogP contribution in [0.1, 0.15) is 45.9 Å². The van der Waals surface area contributed by atoms with E-state index < -0.39 is 0 Å². The molecular formula is C14H24ClNS. The Morgan fingerprint density at radius 1 is 1.24 bits per heavy atom. The highest BCUT2D eigenvalue weighted by Gasteiger charge is 2.21. The Morgan fingerprint density at radius 2 is 1.88 bits per heavy atom. The van der Waals surface area contributed by atoms with Crippen molar-refractivity contribution in [2.75, 3.05) is 6.54 Å². The summed E-state index contributed by atoms with van der Waals surface area (Å²) >= 11 is 7.87. The first kappa shape index (κ1) is 15.0. The van der Waals surface area contributed by atoms with Gasteiger partial charge in [-0.05, 0) is 50.5 Å². The fraction of sp³-hybridized carbons (Fsp3) is 0.714. The van der Waals surface area contributed by atoms with Gasteiger partial charge in [0.25, 0.3) is 0 Å². The first-order valence-electron chi connectivity index (χ1n) is 6.17. The zero-order chi connectivity index (χ0) is 13.1. The average molecular weight is 274 g/mol. The van der Waals surface area contributed by atoms with Crippen molar-refractivity contribution in [2.45, 2.75) is 53.0 Å². The molecule has 0 fully saturated rings. The molecule has 98 valence electrons. The van der Waals surface area contributed by atoms with E-state index in [1.807, 2.05) is 6.07 Å². The number of hydrogen-bond donors (Lipinski definition) is 1. The highest BCUT2D eigenvalue weighted by Crippen LogP contribution is 2.28. The summed E-state index contributed by atoms with van der Waals surface area (Å²) in [5, 5.41) is 6.57. The van der Waals surface area contributed by atoms with E-state index in [9.17, 15) is 0 Å². The van der Waals surface area contributed by atoms with Crippen molar-refractivity contribution in [3.8, 4) is 0 Å². The van der Waals surface area contributed by atoms with Crippen LogP contribution >= 0.6 is 22.9 Å². The van der Waals surface area contributed by atoms with Gasteiger partial charge in [-0.15, -0.1) is 11.3 Å². The second-order valence-electron chi connectivity index (χ2n) is 6.46. The minimum atomic E-state index is 0.192. The molecule has 3 heteroatoms. The van der Waals surface area contributed by atoms with Crippen LogP contribution < -0.4 is 5.32 Å². The van der Waals surface area contributed by atoms with E-state index in [1.54, 1.807) is 11.3 Å². The molecule has 1 aromatic heterocycles. The lowest BCUT2D eigenvalue weighted by molar-refractivity contribution is 0.274. The second-order valence-corrected chi connectivity index (χ2v) is 7.87. The molecule has 0 aliphatic heterocycles. The van der Waals surface area contributed by atoms with Gasteiger partial charge in [0, 0.05) is 17.0 Å². The van der Waals surface area contributed by atoms with Crippen LogP contribution in [0, 0.1) is 5.41 Å². The molecule has 1 nitrogen and oxygen atoms in total. The highest BCUT2D eigenvalue weighted by atomic mass is 35.5. The van der Waals surface area contributed by atoms with Crippen LogP contribution in [-0.4, -0.2) is 12.1 Å². The van der Waals surface area contributed by atoms with Crippen molar-refractivity contribution in [2.24, 2.45) is 5.41 Å². The summed E-state index contributed by atoms with van der Waals surface area (Å²) in [4.78, 5) is 1.32. The second kappa shape index (κ2) is 5.73. The van der Waals surface area contributed by atoms with E-state index in [4.69, 9.17) is 11.6 Å². The van der Waals surface area contributed by atoms with E-state index >= 15 is 0 Å². The maximum absolute atomic E-state index is 6.11. The summed E-state index contributed by atoms with van der Waals surface area (Å²) in [6.45, 7) is 12.3. The lowest BCUT2D eigenvalue weighted by atomic mass is 9.86. The molecule has 0 spiro atoms. The average Bonchev–Trinajstić information content (AvgIpc) is 2.58. The van der Waals surface area contributed by atoms with Gasteiger partial charge in [-0.3, -0.25) is 0 Å². The van der Waals surface area contributed by atoms with E-state index in [0.29, 0.717) is 5.41 Å². The Labute approximate surface area is 115 Å². The first-order chi connectivity index (χ1) is 7.70. The molecule has 0 bridgehead atoms. The molecule has 1 rings (SSSR count). The van der Waals surface area contributed by atoms with Gasteiger partial charge in [0.05, 0.1) is 5.02 Å². The quantitative estimate of drug-likeness (QED) is 0.816. The Balaban J connectivity index is 2.42. The standard InChI is InChI=1S/C14H24ClNS/c1-13(2,3)16-10-14(4,5)8-6-12-11(15)7-9-17-12/h7,9,16H,6,8,10H2,1-5H3.